The minimum Gasteiger partial charge on any atom is -0.489 e. The van der Waals surface area contributed by atoms with Crippen molar-refractivity contribution < 1.29 is 9.13 Å². The summed E-state index contributed by atoms with van der Waals surface area (Å²) in [6.45, 7) is 0.351. The van der Waals surface area contributed by atoms with E-state index in [2.05, 4.69) is 0 Å². The van der Waals surface area contributed by atoms with Crippen molar-refractivity contribution in [3.8, 4) is 5.75 Å². The molecule has 15 heavy (non-hydrogen) atoms. The molecule has 0 unspecified atom stereocenters. The van der Waals surface area contributed by atoms with Crippen LogP contribution in [0, 0.1) is 5.82 Å². The van der Waals surface area contributed by atoms with E-state index in [0.29, 0.717) is 6.61 Å². The van der Waals surface area contributed by atoms with Gasteiger partial charge >= 0.3 is 0 Å². The van der Waals surface area contributed by atoms with E-state index in [4.69, 9.17) is 22.1 Å². The third-order valence-electron chi connectivity index (χ3n) is 2.32. The topological polar surface area (TPSA) is 35.2 Å². The van der Waals surface area contributed by atoms with Gasteiger partial charge in [0.25, 0.3) is 0 Å². The fourth-order valence-corrected chi connectivity index (χ4v) is 1.29. The van der Waals surface area contributed by atoms with Crippen LogP contribution in [0.1, 0.15) is 12.8 Å². The molecular weight excluding hydrogens is 240 g/mol. The zero-order chi connectivity index (χ0) is 10.2. The standard InChI is InChI=1S/C10H11ClFNO.ClH/c11-7-2-1-3-8(9(7)12)14-6-10(13)4-5-10;/h1-3H,4-6,13H2;1H. The maximum Gasteiger partial charge on any atom is 0.183 e. The van der Waals surface area contributed by atoms with Gasteiger partial charge in [0.2, 0.25) is 0 Å². The Morgan fingerprint density at radius 1 is 1.47 bits per heavy atom. The van der Waals surface area contributed by atoms with Crippen molar-refractivity contribution in [2.75, 3.05) is 6.61 Å². The fraction of sp³-hybridized carbons (Fsp3) is 0.400. The largest absolute Gasteiger partial charge is 0.489 e. The van der Waals surface area contributed by atoms with Crippen LogP contribution in [0.15, 0.2) is 18.2 Å². The van der Waals surface area contributed by atoms with Crippen LogP contribution >= 0.6 is 24.0 Å². The third kappa shape index (κ3) is 2.97. The lowest BCUT2D eigenvalue weighted by Gasteiger charge is -2.11. The summed E-state index contributed by atoms with van der Waals surface area (Å²) in [6, 6.07) is 4.68. The molecule has 0 heterocycles. The molecule has 0 spiro atoms. The highest BCUT2D eigenvalue weighted by atomic mass is 35.5. The van der Waals surface area contributed by atoms with E-state index in [1.165, 1.54) is 6.07 Å². The Kier molecular flexibility index (Phi) is 3.82. The molecular formula is C10H12Cl2FNO. The summed E-state index contributed by atoms with van der Waals surface area (Å²) >= 11 is 5.59. The molecule has 1 aromatic rings. The van der Waals surface area contributed by atoms with Crippen molar-refractivity contribution in [2.24, 2.45) is 5.73 Å². The summed E-state index contributed by atoms with van der Waals surface area (Å²) < 4.78 is 18.6. The maximum atomic E-state index is 13.3. The molecule has 0 radical (unpaired) electrons. The zero-order valence-corrected chi connectivity index (χ0v) is 9.58. The number of nitrogens with two attached hydrogens (primary N) is 1. The summed E-state index contributed by atoms with van der Waals surface area (Å²) in [5, 5.41) is 0.0735. The highest BCUT2D eigenvalue weighted by molar-refractivity contribution is 6.30. The quantitative estimate of drug-likeness (QED) is 0.897. The van der Waals surface area contributed by atoms with Crippen molar-refractivity contribution in [1.29, 1.82) is 0 Å². The number of ether oxygens (including phenoxy) is 1. The molecule has 84 valence electrons. The molecule has 1 aromatic carbocycles. The SMILES string of the molecule is Cl.NC1(COc2cccc(Cl)c2F)CC1. The van der Waals surface area contributed by atoms with E-state index >= 15 is 0 Å². The number of hydrogen-bond acceptors (Lipinski definition) is 2. The molecule has 1 aliphatic rings. The fourth-order valence-electron chi connectivity index (χ4n) is 1.12. The molecule has 1 aliphatic carbocycles. The summed E-state index contributed by atoms with van der Waals surface area (Å²) in [4.78, 5) is 0. The summed E-state index contributed by atoms with van der Waals surface area (Å²) in [5.41, 5.74) is 5.56. The Morgan fingerprint density at radius 3 is 2.73 bits per heavy atom. The summed E-state index contributed by atoms with van der Waals surface area (Å²) in [7, 11) is 0. The predicted octanol–water partition coefficient (Wildman–Crippen LogP) is 2.77. The minimum atomic E-state index is -0.515. The minimum absolute atomic E-state index is 0. The van der Waals surface area contributed by atoms with Crippen LogP contribution < -0.4 is 10.5 Å². The van der Waals surface area contributed by atoms with E-state index in [-0.39, 0.29) is 28.7 Å². The van der Waals surface area contributed by atoms with Crippen molar-refractivity contribution in [2.45, 2.75) is 18.4 Å². The van der Waals surface area contributed by atoms with Crippen LogP contribution in [0.2, 0.25) is 5.02 Å². The Balaban J connectivity index is 0.00000112. The maximum absolute atomic E-state index is 13.3. The third-order valence-corrected chi connectivity index (χ3v) is 2.62. The van der Waals surface area contributed by atoms with Gasteiger partial charge in [-0.3, -0.25) is 0 Å². The molecule has 2 rings (SSSR count). The Hall–Kier alpha value is -0.510. The van der Waals surface area contributed by atoms with Crippen LogP contribution in [0.4, 0.5) is 4.39 Å². The second-order valence-electron chi connectivity index (χ2n) is 3.70. The van der Waals surface area contributed by atoms with Gasteiger partial charge in [-0.15, -0.1) is 12.4 Å². The van der Waals surface area contributed by atoms with Crippen LogP contribution in [-0.4, -0.2) is 12.1 Å². The predicted molar refractivity (Wildman–Crippen MR) is 60.3 cm³/mol. The normalized spacial score (nSPS) is 16.7. The highest BCUT2D eigenvalue weighted by Crippen LogP contribution is 2.33. The highest BCUT2D eigenvalue weighted by Gasteiger charge is 2.39. The second kappa shape index (κ2) is 4.56. The first-order valence-corrected chi connectivity index (χ1v) is 4.84. The van der Waals surface area contributed by atoms with Gasteiger partial charge < -0.3 is 10.5 Å². The van der Waals surface area contributed by atoms with Gasteiger partial charge in [0.1, 0.15) is 6.61 Å². The van der Waals surface area contributed by atoms with E-state index in [1.807, 2.05) is 0 Å². The van der Waals surface area contributed by atoms with Crippen LogP contribution in [0.3, 0.4) is 0 Å². The first kappa shape index (κ1) is 12.6. The summed E-state index contributed by atoms with van der Waals surface area (Å²) in [5.74, 6) is -0.340. The number of rotatable bonds is 3. The Labute approximate surface area is 99.0 Å². The Morgan fingerprint density at radius 2 is 2.13 bits per heavy atom. The molecule has 0 atom stereocenters. The lowest BCUT2D eigenvalue weighted by atomic mass is 10.3. The molecule has 2 N–H and O–H groups in total. The van der Waals surface area contributed by atoms with E-state index < -0.39 is 5.82 Å². The average molecular weight is 252 g/mol. The van der Waals surface area contributed by atoms with Gasteiger partial charge in [0, 0.05) is 0 Å². The van der Waals surface area contributed by atoms with Crippen molar-refractivity contribution in [3.63, 3.8) is 0 Å². The molecule has 0 saturated heterocycles. The van der Waals surface area contributed by atoms with Gasteiger partial charge in [0.15, 0.2) is 11.6 Å². The lowest BCUT2D eigenvalue weighted by molar-refractivity contribution is 0.267. The molecule has 2 nitrogen and oxygen atoms in total. The molecule has 1 fully saturated rings. The van der Waals surface area contributed by atoms with Crippen LogP contribution in [0.5, 0.6) is 5.75 Å². The molecule has 1 saturated carbocycles. The summed E-state index contributed by atoms with van der Waals surface area (Å²) in [6.07, 6.45) is 1.88. The zero-order valence-electron chi connectivity index (χ0n) is 8.00. The van der Waals surface area contributed by atoms with Crippen molar-refractivity contribution in [3.05, 3.63) is 29.0 Å². The lowest BCUT2D eigenvalue weighted by Crippen LogP contribution is -2.29. The first-order chi connectivity index (χ1) is 6.61. The van der Waals surface area contributed by atoms with Gasteiger partial charge in [-0.05, 0) is 25.0 Å². The number of halogens is 3. The van der Waals surface area contributed by atoms with Gasteiger partial charge in [-0.1, -0.05) is 17.7 Å². The van der Waals surface area contributed by atoms with Gasteiger partial charge in [0.05, 0.1) is 10.6 Å². The monoisotopic (exact) mass is 251 g/mol. The van der Waals surface area contributed by atoms with Gasteiger partial charge in [-0.25, -0.2) is 4.39 Å². The molecule has 5 heteroatoms. The van der Waals surface area contributed by atoms with Crippen molar-refractivity contribution >= 4 is 24.0 Å². The van der Waals surface area contributed by atoms with Crippen molar-refractivity contribution in [1.82, 2.24) is 0 Å². The average Bonchev–Trinajstić information content (AvgIpc) is 2.88. The number of benzene rings is 1. The molecule has 0 bridgehead atoms. The van der Waals surface area contributed by atoms with Crippen LogP contribution in [0.25, 0.3) is 0 Å². The van der Waals surface area contributed by atoms with Crippen LogP contribution in [-0.2, 0) is 0 Å². The van der Waals surface area contributed by atoms with E-state index in [0.717, 1.165) is 12.8 Å². The number of hydrogen-bond donors (Lipinski definition) is 1. The smallest absolute Gasteiger partial charge is 0.183 e. The molecule has 0 amide bonds. The van der Waals surface area contributed by atoms with E-state index in [1.54, 1.807) is 12.1 Å². The molecule has 0 aromatic heterocycles. The Bertz CT molecular complexity index is 355. The van der Waals surface area contributed by atoms with Gasteiger partial charge in [-0.2, -0.15) is 0 Å². The first-order valence-electron chi connectivity index (χ1n) is 4.46. The second-order valence-corrected chi connectivity index (χ2v) is 4.11. The van der Waals surface area contributed by atoms with E-state index in [9.17, 15) is 4.39 Å². The molecule has 0 aliphatic heterocycles.